The van der Waals surface area contributed by atoms with Crippen molar-refractivity contribution in [3.63, 3.8) is 0 Å². The molecule has 1 unspecified atom stereocenters. The number of aryl methyl sites for hydroxylation is 3. The van der Waals surface area contributed by atoms with Crippen LogP contribution in [0.15, 0.2) is 54.6 Å². The van der Waals surface area contributed by atoms with E-state index in [1.165, 1.54) is 18.1 Å². The van der Waals surface area contributed by atoms with Gasteiger partial charge in [-0.25, -0.2) is 9.78 Å². The summed E-state index contributed by atoms with van der Waals surface area (Å²) in [6.07, 6.45) is 2.30. The molecule has 10 heteroatoms. The molecule has 1 aliphatic heterocycles. The van der Waals surface area contributed by atoms with Crippen molar-refractivity contribution < 1.29 is 33.7 Å². The van der Waals surface area contributed by atoms with Gasteiger partial charge in [-0.15, -0.1) is 0 Å². The number of aliphatic hydroxyl groups is 1. The normalized spacial score (nSPS) is 16.1. The maximum atomic E-state index is 13.7. The zero-order chi connectivity index (χ0) is 31.4. The lowest BCUT2D eigenvalue weighted by Crippen LogP contribution is -2.29. The number of thiazole rings is 1. The zero-order valence-electron chi connectivity index (χ0n) is 25.2. The van der Waals surface area contributed by atoms with Gasteiger partial charge in [0.25, 0.3) is 5.78 Å². The Morgan fingerprint density at radius 2 is 1.88 bits per heavy atom. The van der Waals surface area contributed by atoms with Crippen LogP contribution in [-0.2, 0) is 14.3 Å². The summed E-state index contributed by atoms with van der Waals surface area (Å²) in [6.45, 7) is 13.6. The van der Waals surface area contributed by atoms with Crippen LogP contribution in [0.5, 0.6) is 11.5 Å². The van der Waals surface area contributed by atoms with E-state index in [0.29, 0.717) is 40.8 Å². The molecule has 43 heavy (non-hydrogen) atoms. The minimum Gasteiger partial charge on any atom is -0.507 e. The van der Waals surface area contributed by atoms with Crippen molar-refractivity contribution >= 4 is 39.9 Å². The molecule has 0 bridgehead atoms. The molecule has 1 saturated heterocycles. The van der Waals surface area contributed by atoms with Gasteiger partial charge < -0.3 is 19.3 Å². The van der Waals surface area contributed by atoms with Crippen LogP contribution in [0.25, 0.3) is 5.76 Å². The summed E-state index contributed by atoms with van der Waals surface area (Å²) in [5.41, 5.74) is 2.78. The molecule has 2 heterocycles. The number of aliphatic hydroxyl groups excluding tert-OH is 1. The van der Waals surface area contributed by atoms with E-state index in [2.05, 4.69) is 25.4 Å². The van der Waals surface area contributed by atoms with Crippen molar-refractivity contribution in [1.29, 1.82) is 0 Å². The highest BCUT2D eigenvalue weighted by molar-refractivity contribution is 7.17. The lowest BCUT2D eigenvalue weighted by Gasteiger charge is -2.24. The van der Waals surface area contributed by atoms with Gasteiger partial charge in [0.15, 0.2) is 16.6 Å². The van der Waals surface area contributed by atoms with Crippen LogP contribution in [0.2, 0.25) is 0 Å². The summed E-state index contributed by atoms with van der Waals surface area (Å²) in [6, 6.07) is 9.57. The highest BCUT2D eigenvalue weighted by atomic mass is 32.1. The summed E-state index contributed by atoms with van der Waals surface area (Å²) in [5, 5.41) is 11.7. The van der Waals surface area contributed by atoms with Gasteiger partial charge in [-0.05, 0) is 62.4 Å². The van der Waals surface area contributed by atoms with Crippen LogP contribution in [0.1, 0.15) is 63.9 Å². The molecule has 1 aromatic heterocycles. The number of amides is 1. The highest BCUT2D eigenvalue weighted by Crippen LogP contribution is 2.46. The zero-order valence-corrected chi connectivity index (χ0v) is 26.0. The smallest absolute Gasteiger partial charge is 0.350 e. The quantitative estimate of drug-likeness (QED) is 0.0871. The number of ketones is 1. The van der Waals surface area contributed by atoms with Crippen molar-refractivity contribution in [2.75, 3.05) is 25.2 Å². The molecular formula is C33H36N2O7S. The summed E-state index contributed by atoms with van der Waals surface area (Å²) < 4.78 is 16.8. The third-order valence-electron chi connectivity index (χ3n) is 7.06. The molecule has 2 aromatic carbocycles. The van der Waals surface area contributed by atoms with Gasteiger partial charge in [0.1, 0.15) is 17.2 Å². The Morgan fingerprint density at radius 1 is 1.14 bits per heavy atom. The third kappa shape index (κ3) is 6.49. The van der Waals surface area contributed by atoms with Crippen molar-refractivity contribution in [3.8, 4) is 11.5 Å². The van der Waals surface area contributed by atoms with E-state index in [4.69, 9.17) is 14.2 Å². The molecule has 226 valence electrons. The van der Waals surface area contributed by atoms with Crippen molar-refractivity contribution in [2.45, 2.75) is 47.1 Å². The van der Waals surface area contributed by atoms with Gasteiger partial charge >= 0.3 is 11.9 Å². The number of ether oxygens (including phenoxy) is 3. The Labute approximate surface area is 255 Å². The van der Waals surface area contributed by atoms with Crippen LogP contribution in [0.4, 0.5) is 5.13 Å². The molecule has 4 rings (SSSR count). The topological polar surface area (TPSA) is 115 Å². The molecule has 0 spiro atoms. The van der Waals surface area contributed by atoms with Crippen LogP contribution in [-0.4, -0.2) is 48.1 Å². The maximum Gasteiger partial charge on any atom is 0.350 e. The number of Topliss-reactive ketones (excluding diaryl/α,β-unsaturated/α-hetero) is 1. The van der Waals surface area contributed by atoms with Gasteiger partial charge in [0.2, 0.25) is 0 Å². The van der Waals surface area contributed by atoms with Crippen LogP contribution >= 0.6 is 11.3 Å². The van der Waals surface area contributed by atoms with Crippen molar-refractivity contribution in [1.82, 2.24) is 4.98 Å². The summed E-state index contributed by atoms with van der Waals surface area (Å²) in [7, 11) is 1.51. The number of benzene rings is 2. The van der Waals surface area contributed by atoms with E-state index >= 15 is 0 Å². The number of hydrogen-bond donors (Lipinski definition) is 1. The fourth-order valence-electron chi connectivity index (χ4n) is 4.73. The maximum absolute atomic E-state index is 13.7. The first-order valence-corrected chi connectivity index (χ1v) is 14.7. The second-order valence-corrected chi connectivity index (χ2v) is 11.7. The van der Waals surface area contributed by atoms with E-state index in [-0.39, 0.29) is 27.9 Å². The first-order chi connectivity index (χ1) is 20.5. The van der Waals surface area contributed by atoms with Crippen LogP contribution in [0.3, 0.4) is 0 Å². The fourth-order valence-corrected chi connectivity index (χ4v) is 5.72. The average molecular weight is 605 g/mol. The third-order valence-corrected chi connectivity index (χ3v) is 8.19. The fraction of sp³-hybridized carbons (Fsp3) is 0.333. The molecule has 1 N–H and O–H groups in total. The Bertz CT molecular complexity index is 1600. The van der Waals surface area contributed by atoms with E-state index in [1.54, 1.807) is 31.2 Å². The number of carbonyl (C=O) groups is 3. The Kier molecular flexibility index (Phi) is 9.70. The monoisotopic (exact) mass is 604 g/mol. The molecule has 1 fully saturated rings. The van der Waals surface area contributed by atoms with Gasteiger partial charge in [-0.1, -0.05) is 61.6 Å². The first kappa shape index (κ1) is 31.5. The van der Waals surface area contributed by atoms with E-state index < -0.39 is 23.7 Å². The van der Waals surface area contributed by atoms with E-state index in [0.717, 1.165) is 28.9 Å². The summed E-state index contributed by atoms with van der Waals surface area (Å²) in [5.74, 6) is -1.30. The molecule has 3 aromatic rings. The van der Waals surface area contributed by atoms with Crippen molar-refractivity contribution in [2.24, 2.45) is 5.92 Å². The Morgan fingerprint density at radius 3 is 2.56 bits per heavy atom. The Hall–Kier alpha value is -4.44. The molecule has 1 aliphatic rings. The molecule has 1 amide bonds. The highest BCUT2D eigenvalue weighted by Gasteiger charge is 2.49. The summed E-state index contributed by atoms with van der Waals surface area (Å²) in [4.78, 5) is 45.9. The SMILES string of the molecule is C=CCOC(=O)c1sc(N2C(=O)C(=O)/C(=C(/O)c3cc(C)ccc3C)C2c2ccc(OCCC(C)C)c(OC)c2)nc1C. The number of hydrogen-bond acceptors (Lipinski definition) is 9. The standard InChI is InChI=1S/C33H36N2O7S/c1-8-14-42-32(39)30-21(6)34-33(43-30)35-27(22-11-12-24(25(17-22)40-7)41-15-13-18(2)3)26(29(37)31(35)38)28(36)23-16-19(4)9-10-20(23)5/h8-12,16-18,27,36H,1,13-15H2,2-7H3/b28-26+. The van der Waals surface area contributed by atoms with Gasteiger partial charge in [-0.2, -0.15) is 0 Å². The molecular weight excluding hydrogens is 568 g/mol. The van der Waals surface area contributed by atoms with Crippen LogP contribution in [0, 0.1) is 26.7 Å². The first-order valence-electron chi connectivity index (χ1n) is 13.9. The molecule has 1 atom stereocenters. The minimum absolute atomic E-state index is 0.0112. The van der Waals surface area contributed by atoms with E-state index in [9.17, 15) is 19.5 Å². The second kappa shape index (κ2) is 13.2. The van der Waals surface area contributed by atoms with Gasteiger partial charge in [-0.3, -0.25) is 14.5 Å². The predicted molar refractivity (Wildman–Crippen MR) is 166 cm³/mol. The molecule has 0 radical (unpaired) electrons. The molecule has 9 nitrogen and oxygen atoms in total. The van der Waals surface area contributed by atoms with Gasteiger partial charge in [0.05, 0.1) is 31.0 Å². The predicted octanol–water partition coefficient (Wildman–Crippen LogP) is 6.47. The minimum atomic E-state index is -1.07. The van der Waals surface area contributed by atoms with E-state index in [1.807, 2.05) is 26.0 Å². The molecule has 0 aliphatic carbocycles. The molecule has 0 saturated carbocycles. The number of nitrogens with zero attached hydrogens (tertiary/aromatic N) is 2. The number of rotatable bonds is 11. The summed E-state index contributed by atoms with van der Waals surface area (Å²) >= 11 is 0.934. The van der Waals surface area contributed by atoms with Crippen molar-refractivity contribution in [3.05, 3.63) is 87.5 Å². The van der Waals surface area contributed by atoms with Crippen LogP contribution < -0.4 is 14.4 Å². The number of esters is 1. The lowest BCUT2D eigenvalue weighted by molar-refractivity contribution is -0.132. The second-order valence-electron chi connectivity index (χ2n) is 10.7. The number of anilines is 1. The lowest BCUT2D eigenvalue weighted by atomic mass is 9.93. The van der Waals surface area contributed by atoms with Gasteiger partial charge in [0, 0.05) is 5.56 Å². The number of aromatic nitrogens is 1. The Balaban J connectivity index is 1.90. The largest absolute Gasteiger partial charge is 0.507 e. The average Bonchev–Trinajstić information content (AvgIpc) is 3.48. The number of methoxy groups -OCH3 is 1. The number of carbonyl (C=O) groups excluding carboxylic acids is 3.